The Balaban J connectivity index is 2.27. The second kappa shape index (κ2) is 4.36. The minimum Gasteiger partial charge on any atom is -0.379 e. The Hall–Kier alpha value is -1.86. The summed E-state index contributed by atoms with van der Waals surface area (Å²) in [6.07, 6.45) is -2.05. The molecule has 104 valence electrons. The van der Waals surface area contributed by atoms with Crippen molar-refractivity contribution in [3.63, 3.8) is 0 Å². The van der Waals surface area contributed by atoms with E-state index in [1.165, 1.54) is 0 Å². The number of hydrogen-bond acceptors (Lipinski definition) is 4. The Morgan fingerprint density at radius 3 is 2.63 bits per heavy atom. The second-order valence-corrected chi connectivity index (χ2v) is 5.01. The predicted molar refractivity (Wildman–Crippen MR) is 61.7 cm³/mol. The first kappa shape index (κ1) is 13.6. The minimum atomic E-state index is -4.62. The molecule has 1 aliphatic carbocycles. The van der Waals surface area contributed by atoms with Crippen LogP contribution in [0.15, 0.2) is 12.3 Å². The number of rotatable bonds is 4. The molecule has 1 N–H and O–H groups in total. The van der Waals surface area contributed by atoms with Crippen molar-refractivity contribution in [2.75, 3.05) is 11.9 Å². The van der Waals surface area contributed by atoms with Crippen LogP contribution in [0.4, 0.5) is 24.5 Å². The molecule has 1 heterocycles. The van der Waals surface area contributed by atoms with Gasteiger partial charge in [0.25, 0.3) is 0 Å². The van der Waals surface area contributed by atoms with Crippen molar-refractivity contribution >= 4 is 11.4 Å². The summed E-state index contributed by atoms with van der Waals surface area (Å²) >= 11 is 0. The Morgan fingerprint density at radius 1 is 1.53 bits per heavy atom. The van der Waals surface area contributed by atoms with Crippen LogP contribution in [0.5, 0.6) is 0 Å². The van der Waals surface area contributed by atoms with Crippen LogP contribution in [0, 0.1) is 15.5 Å². The standard InChI is InChI=1S/C11H12F3N3O2/c1-10(2-3-10)6-16-7-4-9(11(12,13)14)15-5-8(7)17(18)19/h4-5H,2-3,6H2,1H3,(H,15,16). The zero-order valence-electron chi connectivity index (χ0n) is 10.1. The summed E-state index contributed by atoms with van der Waals surface area (Å²) in [5, 5.41) is 13.5. The van der Waals surface area contributed by atoms with Gasteiger partial charge in [-0.05, 0) is 24.3 Å². The fourth-order valence-electron chi connectivity index (χ4n) is 1.59. The Bertz CT molecular complexity index is 512. The Morgan fingerprint density at radius 2 is 2.16 bits per heavy atom. The van der Waals surface area contributed by atoms with E-state index in [4.69, 9.17) is 0 Å². The molecule has 0 bridgehead atoms. The van der Waals surface area contributed by atoms with E-state index < -0.39 is 22.5 Å². The molecule has 1 aromatic heterocycles. The van der Waals surface area contributed by atoms with Gasteiger partial charge in [0.1, 0.15) is 17.6 Å². The summed E-state index contributed by atoms with van der Waals surface area (Å²) in [6, 6.07) is 0.684. The first-order chi connectivity index (χ1) is 8.71. The van der Waals surface area contributed by atoms with Crippen LogP contribution in [0.1, 0.15) is 25.5 Å². The van der Waals surface area contributed by atoms with Crippen molar-refractivity contribution in [2.45, 2.75) is 25.9 Å². The highest BCUT2D eigenvalue weighted by Gasteiger charge is 2.38. The molecule has 0 radical (unpaired) electrons. The molecule has 0 unspecified atom stereocenters. The lowest BCUT2D eigenvalue weighted by Crippen LogP contribution is -2.15. The van der Waals surface area contributed by atoms with E-state index in [9.17, 15) is 23.3 Å². The maximum atomic E-state index is 12.5. The number of anilines is 1. The summed E-state index contributed by atoms with van der Waals surface area (Å²) in [7, 11) is 0. The summed E-state index contributed by atoms with van der Waals surface area (Å²) in [5.74, 6) is 0. The first-order valence-electron chi connectivity index (χ1n) is 5.67. The van der Waals surface area contributed by atoms with E-state index >= 15 is 0 Å². The third-order valence-electron chi connectivity index (χ3n) is 3.18. The van der Waals surface area contributed by atoms with Gasteiger partial charge in [0.05, 0.1) is 4.92 Å². The maximum absolute atomic E-state index is 12.5. The summed E-state index contributed by atoms with van der Waals surface area (Å²) < 4.78 is 37.6. The third-order valence-corrected chi connectivity index (χ3v) is 3.18. The molecule has 8 heteroatoms. The van der Waals surface area contributed by atoms with Crippen molar-refractivity contribution in [3.8, 4) is 0 Å². The molecule has 5 nitrogen and oxygen atoms in total. The van der Waals surface area contributed by atoms with Gasteiger partial charge in [-0.1, -0.05) is 6.92 Å². The van der Waals surface area contributed by atoms with Crippen molar-refractivity contribution < 1.29 is 18.1 Å². The zero-order valence-corrected chi connectivity index (χ0v) is 10.1. The quantitative estimate of drug-likeness (QED) is 0.676. The first-order valence-corrected chi connectivity index (χ1v) is 5.67. The molecule has 0 spiro atoms. The topological polar surface area (TPSA) is 68.1 Å². The number of alkyl halides is 3. The van der Waals surface area contributed by atoms with Gasteiger partial charge in [-0.2, -0.15) is 13.2 Å². The van der Waals surface area contributed by atoms with Gasteiger partial charge in [0.2, 0.25) is 0 Å². The largest absolute Gasteiger partial charge is 0.433 e. The lowest BCUT2D eigenvalue weighted by atomic mass is 10.1. The molecule has 0 saturated heterocycles. The SMILES string of the molecule is CC1(CNc2cc(C(F)(F)F)ncc2[N+](=O)[O-])CC1. The molecule has 1 aromatic rings. The van der Waals surface area contributed by atoms with Gasteiger partial charge in [-0.3, -0.25) is 10.1 Å². The molecule has 1 aliphatic rings. The Labute approximate surface area is 107 Å². The van der Waals surface area contributed by atoms with Gasteiger partial charge in [-0.15, -0.1) is 0 Å². The number of pyridine rings is 1. The van der Waals surface area contributed by atoms with Crippen LogP contribution in [0.2, 0.25) is 0 Å². The van der Waals surface area contributed by atoms with E-state index in [1.54, 1.807) is 0 Å². The lowest BCUT2D eigenvalue weighted by Gasteiger charge is -2.13. The van der Waals surface area contributed by atoms with Crippen molar-refractivity contribution in [1.29, 1.82) is 0 Å². The monoisotopic (exact) mass is 275 g/mol. The number of halogens is 3. The molecule has 0 atom stereocenters. The normalized spacial score (nSPS) is 17.1. The molecule has 1 saturated carbocycles. The van der Waals surface area contributed by atoms with E-state index in [2.05, 4.69) is 10.3 Å². The third kappa shape index (κ3) is 3.12. The Kier molecular flexibility index (Phi) is 3.11. The van der Waals surface area contributed by atoms with Crippen LogP contribution < -0.4 is 5.32 Å². The minimum absolute atomic E-state index is 0.0233. The molecule has 0 amide bonds. The van der Waals surface area contributed by atoms with Crippen molar-refractivity contribution in [1.82, 2.24) is 4.98 Å². The maximum Gasteiger partial charge on any atom is 0.433 e. The summed E-state index contributed by atoms with van der Waals surface area (Å²) in [6.45, 7) is 2.38. The van der Waals surface area contributed by atoms with Crippen LogP contribution in [0.3, 0.4) is 0 Å². The van der Waals surface area contributed by atoms with Crippen molar-refractivity contribution in [3.05, 3.63) is 28.1 Å². The molecule has 2 rings (SSSR count). The van der Waals surface area contributed by atoms with Crippen LogP contribution >= 0.6 is 0 Å². The number of hydrogen-bond donors (Lipinski definition) is 1. The van der Waals surface area contributed by atoms with Crippen molar-refractivity contribution in [2.24, 2.45) is 5.41 Å². The lowest BCUT2D eigenvalue weighted by molar-refractivity contribution is -0.384. The molecular weight excluding hydrogens is 263 g/mol. The molecule has 0 aliphatic heterocycles. The van der Waals surface area contributed by atoms with Gasteiger partial charge in [0, 0.05) is 6.54 Å². The van der Waals surface area contributed by atoms with Crippen LogP contribution in [-0.4, -0.2) is 16.5 Å². The fraction of sp³-hybridized carbons (Fsp3) is 0.545. The van der Waals surface area contributed by atoms with Gasteiger partial charge < -0.3 is 5.32 Å². The molecule has 19 heavy (non-hydrogen) atoms. The number of nitro groups is 1. The fourth-order valence-corrected chi connectivity index (χ4v) is 1.59. The van der Waals surface area contributed by atoms with Crippen LogP contribution in [0.25, 0.3) is 0 Å². The highest BCUT2D eigenvalue weighted by Crippen LogP contribution is 2.45. The number of nitrogens with zero attached hydrogens (tertiary/aromatic N) is 2. The number of nitrogens with one attached hydrogen (secondary N) is 1. The van der Waals surface area contributed by atoms with E-state index in [0.717, 1.165) is 12.8 Å². The van der Waals surface area contributed by atoms with Crippen LogP contribution in [-0.2, 0) is 6.18 Å². The smallest absolute Gasteiger partial charge is 0.379 e. The predicted octanol–water partition coefficient (Wildman–Crippen LogP) is 3.22. The summed E-state index contributed by atoms with van der Waals surface area (Å²) in [4.78, 5) is 13.1. The summed E-state index contributed by atoms with van der Waals surface area (Å²) in [5.41, 5.74) is -1.70. The second-order valence-electron chi connectivity index (χ2n) is 5.01. The molecule has 1 fully saturated rings. The number of aromatic nitrogens is 1. The van der Waals surface area contributed by atoms with Gasteiger partial charge in [0.15, 0.2) is 0 Å². The zero-order chi connectivity index (χ0) is 14.3. The van der Waals surface area contributed by atoms with E-state index in [0.29, 0.717) is 18.8 Å². The van der Waals surface area contributed by atoms with E-state index in [-0.39, 0.29) is 11.1 Å². The molecule has 0 aromatic carbocycles. The van der Waals surface area contributed by atoms with Gasteiger partial charge >= 0.3 is 11.9 Å². The molecular formula is C11H12F3N3O2. The highest BCUT2D eigenvalue weighted by molar-refractivity contribution is 5.61. The van der Waals surface area contributed by atoms with Gasteiger partial charge in [-0.25, -0.2) is 4.98 Å². The highest BCUT2D eigenvalue weighted by atomic mass is 19.4. The average Bonchev–Trinajstić information content (AvgIpc) is 3.03. The average molecular weight is 275 g/mol. The van der Waals surface area contributed by atoms with E-state index in [1.807, 2.05) is 6.92 Å².